The first-order valence-corrected chi connectivity index (χ1v) is 22.2. The molecule has 0 amide bonds. The van der Waals surface area contributed by atoms with Gasteiger partial charge < -0.3 is 9.47 Å². The van der Waals surface area contributed by atoms with E-state index in [0.717, 1.165) is 55.9 Å². The van der Waals surface area contributed by atoms with E-state index < -0.39 is 11.6 Å². The molecule has 54 heavy (non-hydrogen) atoms. The van der Waals surface area contributed by atoms with Crippen molar-refractivity contribution in [2.24, 2.45) is 11.8 Å². The van der Waals surface area contributed by atoms with E-state index in [9.17, 15) is 0 Å². The van der Waals surface area contributed by atoms with Crippen LogP contribution in [0.5, 0.6) is 11.5 Å². The van der Waals surface area contributed by atoms with Crippen LogP contribution in [0.3, 0.4) is 0 Å². The highest BCUT2D eigenvalue weighted by atomic mass is 79.9. The number of thiophene rings is 2. The second-order valence-electron chi connectivity index (χ2n) is 13.7. The molecule has 4 nitrogen and oxygen atoms in total. The molecule has 10 heteroatoms. The smallest absolute Gasteiger partial charge is 0.170 e. The Kier molecular flexibility index (Phi) is 14.3. The van der Waals surface area contributed by atoms with Crippen molar-refractivity contribution in [3.8, 4) is 54.9 Å². The zero-order valence-corrected chi connectivity index (χ0v) is 36.0. The van der Waals surface area contributed by atoms with Gasteiger partial charge in [-0.1, -0.05) is 66.2 Å². The van der Waals surface area contributed by atoms with E-state index in [4.69, 9.17) is 19.4 Å². The largest absolute Gasteiger partial charge is 0.493 e. The SMILES string of the molecule is CCCCC(CC)COc1ccc(-c2nc3c(-c4ccc(Br)s4)c(F)c(F)c(-c4ccc(Br)s4)c3nc2-c2ccc(OCC(CC)CCCC)cc2)cc1. The van der Waals surface area contributed by atoms with Crippen LogP contribution in [-0.4, -0.2) is 23.2 Å². The summed E-state index contributed by atoms with van der Waals surface area (Å²) in [5.41, 5.74) is 3.46. The highest BCUT2D eigenvalue weighted by Crippen LogP contribution is 2.46. The van der Waals surface area contributed by atoms with E-state index >= 15 is 8.78 Å². The lowest BCUT2D eigenvalue weighted by Crippen LogP contribution is -2.11. The highest BCUT2D eigenvalue weighted by molar-refractivity contribution is 9.11. The first-order valence-electron chi connectivity index (χ1n) is 18.9. The molecule has 2 unspecified atom stereocenters. The molecule has 3 aromatic carbocycles. The molecule has 0 bridgehead atoms. The highest BCUT2D eigenvalue weighted by Gasteiger charge is 2.28. The molecule has 0 aliphatic rings. The van der Waals surface area contributed by atoms with Gasteiger partial charge in [-0.15, -0.1) is 22.7 Å². The summed E-state index contributed by atoms with van der Waals surface area (Å²) >= 11 is 9.67. The van der Waals surface area contributed by atoms with E-state index in [-0.39, 0.29) is 11.1 Å². The third-order valence-corrected chi connectivity index (χ3v) is 13.2. The van der Waals surface area contributed by atoms with Crippen LogP contribution in [0, 0.1) is 23.5 Å². The van der Waals surface area contributed by atoms with Crippen molar-refractivity contribution in [2.75, 3.05) is 13.2 Å². The lowest BCUT2D eigenvalue weighted by molar-refractivity contribution is 0.233. The monoisotopic (exact) mass is 894 g/mol. The lowest BCUT2D eigenvalue weighted by Gasteiger charge is -2.18. The van der Waals surface area contributed by atoms with E-state index in [1.54, 1.807) is 12.1 Å². The fraction of sp³-hybridized carbons (Fsp3) is 0.364. The van der Waals surface area contributed by atoms with Gasteiger partial charge in [-0.05, 0) is 129 Å². The summed E-state index contributed by atoms with van der Waals surface area (Å²) in [5.74, 6) is 0.654. The fourth-order valence-corrected chi connectivity index (χ4v) is 9.46. The Morgan fingerprint density at radius 3 is 1.28 bits per heavy atom. The average Bonchev–Trinajstić information content (AvgIpc) is 3.83. The molecule has 0 aliphatic heterocycles. The van der Waals surface area contributed by atoms with Crippen LogP contribution >= 0.6 is 54.5 Å². The van der Waals surface area contributed by atoms with E-state index in [2.05, 4.69) is 59.6 Å². The summed E-state index contributed by atoms with van der Waals surface area (Å²) in [6, 6.07) is 22.9. The number of hydrogen-bond donors (Lipinski definition) is 0. The van der Waals surface area contributed by atoms with Crippen molar-refractivity contribution in [3.05, 3.63) is 92.0 Å². The Bertz CT molecular complexity index is 2000. The second-order valence-corrected chi connectivity index (χ2v) is 18.6. The van der Waals surface area contributed by atoms with Crippen LogP contribution in [0.4, 0.5) is 8.78 Å². The van der Waals surface area contributed by atoms with Gasteiger partial charge in [0.05, 0.1) is 43.3 Å². The van der Waals surface area contributed by atoms with Gasteiger partial charge >= 0.3 is 0 Å². The lowest BCUT2D eigenvalue weighted by atomic mass is 9.99. The van der Waals surface area contributed by atoms with Crippen molar-refractivity contribution in [1.29, 1.82) is 0 Å². The van der Waals surface area contributed by atoms with Gasteiger partial charge in [0.15, 0.2) is 11.6 Å². The van der Waals surface area contributed by atoms with Gasteiger partial charge in [-0.25, -0.2) is 18.7 Å². The zero-order chi connectivity index (χ0) is 38.2. The molecular formula is C44H46Br2F2N2O2S2. The van der Waals surface area contributed by atoms with Gasteiger partial charge in [0.25, 0.3) is 0 Å². The first kappa shape index (κ1) is 40.5. The Morgan fingerprint density at radius 2 is 0.963 bits per heavy atom. The Morgan fingerprint density at radius 1 is 0.574 bits per heavy atom. The number of halogens is 4. The molecule has 0 saturated carbocycles. The Hall–Kier alpha value is -3.18. The van der Waals surface area contributed by atoms with Gasteiger partial charge in [0.2, 0.25) is 0 Å². The first-order chi connectivity index (χ1) is 26.2. The minimum Gasteiger partial charge on any atom is -0.493 e. The number of fused-ring (bicyclic) bond motifs is 1. The molecular weight excluding hydrogens is 850 g/mol. The predicted octanol–water partition coefficient (Wildman–Crippen LogP) is 15.4. The van der Waals surface area contributed by atoms with Crippen LogP contribution in [0.25, 0.3) is 54.4 Å². The Balaban J connectivity index is 1.49. The van der Waals surface area contributed by atoms with Crippen molar-refractivity contribution >= 4 is 65.6 Å². The van der Waals surface area contributed by atoms with Gasteiger partial charge in [-0.3, -0.25) is 0 Å². The summed E-state index contributed by atoms with van der Waals surface area (Å²) in [4.78, 5) is 11.5. The number of aromatic nitrogens is 2. The molecule has 6 rings (SSSR count). The molecule has 0 saturated heterocycles. The van der Waals surface area contributed by atoms with Gasteiger partial charge in [-0.2, -0.15) is 0 Å². The summed E-state index contributed by atoms with van der Waals surface area (Å²) in [7, 11) is 0. The van der Waals surface area contributed by atoms with Crippen LogP contribution in [0.15, 0.2) is 80.4 Å². The van der Waals surface area contributed by atoms with Crippen molar-refractivity contribution < 1.29 is 18.3 Å². The summed E-state index contributed by atoms with van der Waals surface area (Å²) in [6.07, 6.45) is 9.15. The topological polar surface area (TPSA) is 44.2 Å². The number of rotatable bonds is 18. The van der Waals surface area contributed by atoms with Crippen molar-refractivity contribution in [3.63, 3.8) is 0 Å². The third-order valence-electron chi connectivity index (χ3n) is 9.95. The molecule has 0 spiro atoms. The maximum absolute atomic E-state index is 16.4. The number of hydrogen-bond acceptors (Lipinski definition) is 6. The molecule has 6 aromatic rings. The van der Waals surface area contributed by atoms with Crippen LogP contribution in [0.1, 0.15) is 79.1 Å². The summed E-state index contributed by atoms with van der Waals surface area (Å²) < 4.78 is 46.9. The fourth-order valence-electron chi connectivity index (χ4n) is 6.60. The van der Waals surface area contributed by atoms with Gasteiger partial charge in [0.1, 0.15) is 22.5 Å². The predicted molar refractivity (Wildman–Crippen MR) is 230 cm³/mol. The number of unbranched alkanes of at least 4 members (excludes halogenated alkanes) is 2. The number of benzene rings is 3. The molecule has 0 radical (unpaired) electrons. The number of ether oxygens (including phenoxy) is 2. The third kappa shape index (κ3) is 9.43. The molecule has 3 heterocycles. The van der Waals surface area contributed by atoms with Crippen LogP contribution < -0.4 is 9.47 Å². The standard InChI is InChI=1S/C44H46Br2F2N2O2S2/c1-5-9-11-27(7-3)25-51-31-17-13-29(14-18-31)41-42(30-15-19-32(20-16-30)52-26-28(8-4)12-10-6-2)50-44-38(34-22-24-36(46)54-34)40(48)39(47)37(43(44)49-41)33-21-23-35(45)53-33/h13-24,27-28H,5-12,25-26H2,1-4H3. The van der Waals surface area contributed by atoms with E-state index in [1.165, 1.54) is 48.4 Å². The normalized spacial score (nSPS) is 12.7. The maximum atomic E-state index is 16.4. The second kappa shape index (κ2) is 19.1. The molecule has 0 N–H and O–H groups in total. The quantitative estimate of drug-likeness (QED) is 0.0862. The molecule has 3 aromatic heterocycles. The van der Waals surface area contributed by atoms with Crippen molar-refractivity contribution in [1.82, 2.24) is 9.97 Å². The summed E-state index contributed by atoms with van der Waals surface area (Å²) in [6.45, 7) is 10.2. The molecule has 284 valence electrons. The number of nitrogens with zero attached hydrogens (tertiary/aromatic N) is 2. The maximum Gasteiger partial charge on any atom is 0.170 e. The molecule has 0 fully saturated rings. The Labute approximate surface area is 342 Å². The minimum absolute atomic E-state index is 0.0906. The van der Waals surface area contributed by atoms with E-state index in [0.29, 0.717) is 57.2 Å². The zero-order valence-electron chi connectivity index (χ0n) is 31.2. The van der Waals surface area contributed by atoms with Crippen LogP contribution in [0.2, 0.25) is 0 Å². The average molecular weight is 897 g/mol. The van der Waals surface area contributed by atoms with E-state index in [1.807, 2.05) is 60.7 Å². The molecule has 2 atom stereocenters. The summed E-state index contributed by atoms with van der Waals surface area (Å²) in [5, 5.41) is 0. The van der Waals surface area contributed by atoms with Crippen LogP contribution in [-0.2, 0) is 0 Å². The van der Waals surface area contributed by atoms with Gasteiger partial charge in [0, 0.05) is 20.9 Å². The van der Waals surface area contributed by atoms with Crippen molar-refractivity contribution in [2.45, 2.75) is 79.1 Å². The minimum atomic E-state index is -0.951. The molecule has 0 aliphatic carbocycles.